The van der Waals surface area contributed by atoms with E-state index in [1.54, 1.807) is 0 Å². The smallest absolute Gasteiger partial charge is 0.399 e. The van der Waals surface area contributed by atoms with Crippen LogP contribution in [-0.2, 0) is 15.7 Å². The second-order valence-corrected chi connectivity index (χ2v) is 12.7. The van der Waals surface area contributed by atoms with Crippen molar-refractivity contribution in [2.75, 3.05) is 6.54 Å². The lowest BCUT2D eigenvalue weighted by Crippen LogP contribution is -2.49. The van der Waals surface area contributed by atoms with E-state index < -0.39 is 7.12 Å². The van der Waals surface area contributed by atoms with E-state index in [4.69, 9.17) is 9.31 Å². The van der Waals surface area contributed by atoms with Gasteiger partial charge < -0.3 is 14.2 Å². The van der Waals surface area contributed by atoms with Crippen LogP contribution in [0, 0.1) is 6.92 Å². The van der Waals surface area contributed by atoms with Crippen LogP contribution in [0.4, 0.5) is 0 Å². The maximum atomic E-state index is 6.38. The molecule has 212 valence electrons. The Hall–Kier alpha value is -3.86. The maximum absolute atomic E-state index is 6.38. The highest BCUT2D eigenvalue weighted by Crippen LogP contribution is 2.37. The average Bonchev–Trinajstić information content (AvgIpc) is 3.20. The molecule has 3 aliphatic rings. The van der Waals surface area contributed by atoms with Gasteiger partial charge in [0.1, 0.15) is 0 Å². The fraction of sp³-hybridized carbons (Fsp3) is 0.263. The summed E-state index contributed by atoms with van der Waals surface area (Å²) in [6.45, 7) is 15.5. The normalized spacial score (nSPS) is 20.5. The van der Waals surface area contributed by atoms with Crippen molar-refractivity contribution in [2.45, 2.75) is 58.3 Å². The summed E-state index contributed by atoms with van der Waals surface area (Å²) in [4.78, 5) is 2.39. The molecule has 3 aromatic rings. The van der Waals surface area contributed by atoms with Crippen LogP contribution in [0.5, 0.6) is 0 Å². The summed E-state index contributed by atoms with van der Waals surface area (Å²) in [5.41, 5.74) is 10.4. The van der Waals surface area contributed by atoms with Crippen molar-refractivity contribution in [3.8, 4) is 22.3 Å². The van der Waals surface area contributed by atoms with Crippen LogP contribution < -0.4 is 5.46 Å². The first-order valence-corrected chi connectivity index (χ1v) is 14.9. The number of nitrogens with zero attached hydrogens (tertiary/aromatic N) is 1. The molecule has 0 radical (unpaired) electrons. The summed E-state index contributed by atoms with van der Waals surface area (Å²) in [5.74, 6) is 0. The van der Waals surface area contributed by atoms with E-state index in [-0.39, 0.29) is 11.2 Å². The molecule has 1 unspecified atom stereocenters. The standard InChI is InChI=1S/C38H40BNO2/c1-7-8-13-29(36-32-16-11-20-40(36)26-32)19-18-28-22-33(30-14-9-12-27(2)21-30)24-34(23-28)31-15-10-17-35(25-31)39-41-37(3,4)38(5,6)42-39/h7-17,19-25,36H,1,18,26H2,2-6H3/b13-8-,29-19+. The van der Waals surface area contributed by atoms with Gasteiger partial charge in [-0.2, -0.15) is 0 Å². The largest absolute Gasteiger partial charge is 0.494 e. The Balaban J connectivity index is 1.37. The summed E-state index contributed by atoms with van der Waals surface area (Å²) in [6.07, 6.45) is 15.9. The molecule has 0 aromatic heterocycles. The van der Waals surface area contributed by atoms with Crippen molar-refractivity contribution in [2.24, 2.45) is 0 Å². The second kappa shape index (κ2) is 11.1. The first kappa shape index (κ1) is 28.3. The minimum Gasteiger partial charge on any atom is -0.399 e. The molecule has 0 aliphatic carbocycles. The number of rotatable bonds is 8. The van der Waals surface area contributed by atoms with Gasteiger partial charge in [0.25, 0.3) is 0 Å². The Morgan fingerprint density at radius 1 is 0.929 bits per heavy atom. The zero-order chi connectivity index (χ0) is 29.5. The maximum Gasteiger partial charge on any atom is 0.494 e. The van der Waals surface area contributed by atoms with Crippen LogP contribution in [0.1, 0.15) is 38.8 Å². The molecule has 0 amide bonds. The first-order valence-electron chi connectivity index (χ1n) is 14.9. The van der Waals surface area contributed by atoms with Crippen molar-refractivity contribution in [1.82, 2.24) is 4.90 Å². The van der Waals surface area contributed by atoms with Crippen LogP contribution in [0.3, 0.4) is 0 Å². The van der Waals surface area contributed by atoms with Crippen LogP contribution in [0.2, 0.25) is 0 Å². The highest BCUT2D eigenvalue weighted by atomic mass is 16.7. The molecule has 3 aliphatic heterocycles. The number of benzene rings is 3. The van der Waals surface area contributed by atoms with E-state index in [1.807, 2.05) is 12.2 Å². The third kappa shape index (κ3) is 5.49. The molecule has 1 atom stereocenters. The van der Waals surface area contributed by atoms with E-state index in [2.05, 4.69) is 143 Å². The lowest BCUT2D eigenvalue weighted by molar-refractivity contribution is 0.00578. The Kier molecular flexibility index (Phi) is 7.47. The van der Waals surface area contributed by atoms with E-state index in [1.165, 1.54) is 39.0 Å². The summed E-state index contributed by atoms with van der Waals surface area (Å²) >= 11 is 0. The van der Waals surface area contributed by atoms with Gasteiger partial charge >= 0.3 is 7.12 Å². The third-order valence-corrected chi connectivity index (χ3v) is 9.04. The molecule has 42 heavy (non-hydrogen) atoms. The second-order valence-electron chi connectivity index (χ2n) is 12.7. The summed E-state index contributed by atoms with van der Waals surface area (Å²) in [5, 5.41) is 0. The molecular weight excluding hydrogens is 513 g/mol. The number of aryl methyl sites for hydroxylation is 1. The molecule has 3 heterocycles. The van der Waals surface area contributed by atoms with E-state index in [0.717, 1.165) is 24.0 Å². The van der Waals surface area contributed by atoms with Gasteiger partial charge in [0.15, 0.2) is 0 Å². The predicted molar refractivity (Wildman–Crippen MR) is 177 cm³/mol. The van der Waals surface area contributed by atoms with Crippen LogP contribution in [-0.4, -0.2) is 35.8 Å². The minimum atomic E-state index is -0.392. The van der Waals surface area contributed by atoms with Crippen LogP contribution >= 0.6 is 0 Å². The summed E-state index contributed by atoms with van der Waals surface area (Å²) in [6, 6.07) is 24.7. The minimum absolute atomic E-state index is 0.322. The number of fused-ring (bicyclic) bond motifs is 2. The van der Waals surface area contributed by atoms with Gasteiger partial charge in [-0.15, -0.1) is 0 Å². The molecule has 0 saturated carbocycles. The molecular formula is C38H40BNO2. The lowest BCUT2D eigenvalue weighted by Gasteiger charge is -2.46. The van der Waals surface area contributed by atoms with Crippen LogP contribution in [0.25, 0.3) is 22.3 Å². The number of allylic oxidation sites excluding steroid dienone is 5. The van der Waals surface area contributed by atoms with Gasteiger partial charge in [0, 0.05) is 12.7 Å². The topological polar surface area (TPSA) is 21.7 Å². The van der Waals surface area contributed by atoms with Crippen molar-refractivity contribution in [3.05, 3.63) is 138 Å². The SMILES string of the molecule is C=C/C=C\C(=C/Cc1cc(-c2cccc(C)c2)cc(-c2cccc(B3OC(C)(C)C(C)(C)O3)c2)c1)C1C2=CC=CN1C2. The van der Waals surface area contributed by atoms with E-state index in [0.29, 0.717) is 6.04 Å². The lowest BCUT2D eigenvalue weighted by atomic mass is 9.78. The Bertz CT molecular complexity index is 1620. The molecule has 6 rings (SSSR count). The molecule has 3 aromatic carbocycles. The zero-order valence-corrected chi connectivity index (χ0v) is 25.4. The molecule has 2 fully saturated rings. The van der Waals surface area contributed by atoms with Gasteiger partial charge in [-0.1, -0.05) is 103 Å². The van der Waals surface area contributed by atoms with Gasteiger partial charge in [-0.05, 0) is 97.6 Å². The fourth-order valence-corrected chi connectivity index (χ4v) is 5.95. The highest BCUT2D eigenvalue weighted by Gasteiger charge is 2.51. The Labute approximate surface area is 251 Å². The summed E-state index contributed by atoms with van der Waals surface area (Å²) in [7, 11) is -0.392. The zero-order valence-electron chi connectivity index (χ0n) is 25.4. The van der Waals surface area contributed by atoms with Gasteiger partial charge in [0.05, 0.1) is 17.2 Å². The van der Waals surface area contributed by atoms with E-state index >= 15 is 0 Å². The van der Waals surface area contributed by atoms with Crippen molar-refractivity contribution >= 4 is 12.6 Å². The summed E-state index contributed by atoms with van der Waals surface area (Å²) < 4.78 is 12.8. The highest BCUT2D eigenvalue weighted by molar-refractivity contribution is 6.62. The fourth-order valence-electron chi connectivity index (χ4n) is 5.95. The van der Waals surface area contributed by atoms with Gasteiger partial charge in [-0.3, -0.25) is 0 Å². The first-order chi connectivity index (χ1) is 20.1. The Morgan fingerprint density at radius 3 is 2.24 bits per heavy atom. The molecule has 2 saturated heterocycles. The number of hydrogen-bond acceptors (Lipinski definition) is 3. The average molecular weight is 554 g/mol. The van der Waals surface area contributed by atoms with Crippen molar-refractivity contribution < 1.29 is 9.31 Å². The van der Waals surface area contributed by atoms with Gasteiger partial charge in [0.2, 0.25) is 0 Å². The predicted octanol–water partition coefficient (Wildman–Crippen LogP) is 7.98. The quantitative estimate of drug-likeness (QED) is 0.209. The number of hydrogen-bond donors (Lipinski definition) is 0. The van der Waals surface area contributed by atoms with E-state index in [9.17, 15) is 0 Å². The molecule has 3 nitrogen and oxygen atoms in total. The van der Waals surface area contributed by atoms with Gasteiger partial charge in [-0.25, -0.2) is 0 Å². The molecule has 0 spiro atoms. The molecule has 0 N–H and O–H groups in total. The monoisotopic (exact) mass is 553 g/mol. The third-order valence-electron chi connectivity index (χ3n) is 9.04. The molecule has 4 heteroatoms. The molecule has 2 bridgehead atoms. The van der Waals surface area contributed by atoms with Crippen molar-refractivity contribution in [3.63, 3.8) is 0 Å². The Morgan fingerprint density at radius 2 is 1.62 bits per heavy atom. The van der Waals surface area contributed by atoms with Crippen LogP contribution in [0.15, 0.2) is 127 Å². The van der Waals surface area contributed by atoms with Crippen molar-refractivity contribution in [1.29, 1.82) is 0 Å².